The van der Waals surface area contributed by atoms with Crippen LogP contribution in [0.4, 0.5) is 5.69 Å². The maximum absolute atomic E-state index is 10.7. The van der Waals surface area contributed by atoms with Crippen LogP contribution in [0.1, 0.15) is 23.2 Å². The van der Waals surface area contributed by atoms with Gasteiger partial charge in [0, 0.05) is 16.6 Å². The Labute approximate surface area is 119 Å². The second-order valence-corrected chi connectivity index (χ2v) is 4.92. The summed E-state index contributed by atoms with van der Waals surface area (Å²) < 4.78 is 10.3. The lowest BCUT2D eigenvalue weighted by molar-refractivity contribution is 0.0685. The molecule has 7 heteroatoms. The number of aromatic nitrogens is 1. The largest absolute Gasteiger partial charge is 0.494 e. The Morgan fingerprint density at radius 1 is 1.50 bits per heavy atom. The Bertz CT molecular complexity index is 612. The quantitative estimate of drug-likeness (QED) is 0.624. The molecule has 0 aliphatic heterocycles. The maximum atomic E-state index is 10.7. The van der Waals surface area contributed by atoms with E-state index in [1.807, 2.05) is 13.0 Å². The molecule has 106 valence electrons. The summed E-state index contributed by atoms with van der Waals surface area (Å²) in [4.78, 5) is 11.5. The molecule has 0 aliphatic carbocycles. The Hall–Kier alpha value is -2.15. The predicted molar refractivity (Wildman–Crippen MR) is 75.0 cm³/mol. The van der Waals surface area contributed by atoms with E-state index in [4.69, 9.17) is 20.1 Å². The number of carboxylic acids is 1. The van der Waals surface area contributed by atoms with Gasteiger partial charge in [-0.05, 0) is 25.1 Å². The smallest absolute Gasteiger partial charge is 0.358 e. The summed E-state index contributed by atoms with van der Waals surface area (Å²) in [5.41, 5.74) is 6.42. The van der Waals surface area contributed by atoms with Crippen molar-refractivity contribution in [1.82, 2.24) is 5.16 Å². The first-order valence-electron chi connectivity index (χ1n) is 5.94. The molecule has 0 aliphatic rings. The summed E-state index contributed by atoms with van der Waals surface area (Å²) in [6.45, 7) is 2.49. The third-order valence-electron chi connectivity index (χ3n) is 2.44. The number of nitrogens with two attached hydrogens (primary N) is 1. The van der Waals surface area contributed by atoms with E-state index in [2.05, 4.69) is 5.16 Å². The van der Waals surface area contributed by atoms with Crippen molar-refractivity contribution < 1.29 is 19.2 Å². The van der Waals surface area contributed by atoms with Crippen LogP contribution in [-0.2, 0) is 5.75 Å². The number of carboxylic acid groups (broad SMARTS) is 1. The molecule has 0 amide bonds. The lowest BCUT2D eigenvalue weighted by atomic mass is 10.3. The van der Waals surface area contributed by atoms with Crippen molar-refractivity contribution in [3.05, 3.63) is 35.7 Å². The molecular weight excluding hydrogens is 280 g/mol. The van der Waals surface area contributed by atoms with Gasteiger partial charge in [0.2, 0.25) is 0 Å². The molecule has 20 heavy (non-hydrogen) atoms. The molecule has 1 aromatic carbocycles. The molecular formula is C13H14N2O4S. The number of nitrogens with zero attached hydrogens (tertiary/aromatic N) is 1. The van der Waals surface area contributed by atoms with E-state index in [-0.39, 0.29) is 5.69 Å². The molecule has 0 saturated heterocycles. The molecule has 2 aromatic rings. The van der Waals surface area contributed by atoms with Crippen LogP contribution < -0.4 is 10.5 Å². The number of thioether (sulfide) groups is 1. The van der Waals surface area contributed by atoms with Gasteiger partial charge in [-0.1, -0.05) is 5.16 Å². The van der Waals surface area contributed by atoms with Crippen LogP contribution in [0.5, 0.6) is 5.75 Å². The summed E-state index contributed by atoms with van der Waals surface area (Å²) >= 11 is 1.43. The van der Waals surface area contributed by atoms with Gasteiger partial charge in [-0.15, -0.1) is 11.8 Å². The molecule has 0 fully saturated rings. The minimum absolute atomic E-state index is 0.100. The van der Waals surface area contributed by atoms with Crippen LogP contribution in [0.15, 0.2) is 33.7 Å². The van der Waals surface area contributed by atoms with Crippen LogP contribution in [0.2, 0.25) is 0 Å². The molecule has 3 N–H and O–H groups in total. The van der Waals surface area contributed by atoms with Crippen molar-refractivity contribution in [2.24, 2.45) is 0 Å². The first kappa shape index (κ1) is 14.3. The first-order chi connectivity index (χ1) is 9.60. The fourth-order valence-corrected chi connectivity index (χ4v) is 2.39. The topological polar surface area (TPSA) is 98.6 Å². The van der Waals surface area contributed by atoms with E-state index >= 15 is 0 Å². The van der Waals surface area contributed by atoms with E-state index < -0.39 is 5.97 Å². The normalized spacial score (nSPS) is 10.4. The van der Waals surface area contributed by atoms with Gasteiger partial charge >= 0.3 is 5.97 Å². The summed E-state index contributed by atoms with van der Waals surface area (Å²) in [5, 5.41) is 12.2. The molecule has 0 unspecified atom stereocenters. The minimum atomic E-state index is -1.11. The Morgan fingerprint density at radius 3 is 2.95 bits per heavy atom. The molecule has 0 atom stereocenters. The predicted octanol–water partition coefficient (Wildman–Crippen LogP) is 2.65. The van der Waals surface area contributed by atoms with Crippen LogP contribution in [-0.4, -0.2) is 22.8 Å². The van der Waals surface area contributed by atoms with Gasteiger partial charge in [-0.2, -0.15) is 0 Å². The molecule has 2 rings (SSSR count). The van der Waals surface area contributed by atoms with Gasteiger partial charge in [-0.3, -0.25) is 0 Å². The number of aromatic carboxylic acids is 1. The van der Waals surface area contributed by atoms with Crippen molar-refractivity contribution >= 4 is 23.4 Å². The molecule has 1 aromatic heterocycles. The number of rotatable bonds is 6. The highest BCUT2D eigenvalue weighted by Gasteiger charge is 2.11. The summed E-state index contributed by atoms with van der Waals surface area (Å²) in [6, 6.07) is 6.83. The monoisotopic (exact) mass is 294 g/mol. The van der Waals surface area contributed by atoms with E-state index in [0.29, 0.717) is 23.8 Å². The third kappa shape index (κ3) is 3.45. The number of carbonyl (C=O) groups is 1. The van der Waals surface area contributed by atoms with Crippen molar-refractivity contribution in [3.8, 4) is 5.75 Å². The molecule has 0 radical (unpaired) electrons. The fraction of sp³-hybridized carbons (Fsp3) is 0.231. The van der Waals surface area contributed by atoms with E-state index in [9.17, 15) is 4.79 Å². The summed E-state index contributed by atoms with van der Waals surface area (Å²) in [5.74, 6) is 0.560. The molecule has 0 spiro atoms. The SMILES string of the molecule is CCOc1ccc(N)c(SCc2cc(C(=O)O)no2)c1. The number of hydrogen-bond acceptors (Lipinski definition) is 6. The van der Waals surface area contributed by atoms with Gasteiger partial charge in [0.25, 0.3) is 0 Å². The van der Waals surface area contributed by atoms with Gasteiger partial charge in [0.15, 0.2) is 5.69 Å². The van der Waals surface area contributed by atoms with Crippen molar-refractivity contribution in [2.75, 3.05) is 12.3 Å². The highest BCUT2D eigenvalue weighted by atomic mass is 32.2. The standard InChI is InChI=1S/C13H14N2O4S/c1-2-18-8-3-4-10(14)12(6-8)20-7-9-5-11(13(16)17)15-19-9/h3-6H,2,7,14H2,1H3,(H,16,17). The van der Waals surface area contributed by atoms with Crippen molar-refractivity contribution in [3.63, 3.8) is 0 Å². The van der Waals surface area contributed by atoms with Crippen LogP contribution in [0.3, 0.4) is 0 Å². The number of anilines is 1. The molecule has 1 heterocycles. The van der Waals surface area contributed by atoms with Crippen LogP contribution >= 0.6 is 11.8 Å². The summed E-state index contributed by atoms with van der Waals surface area (Å²) in [7, 11) is 0. The molecule has 0 bridgehead atoms. The first-order valence-corrected chi connectivity index (χ1v) is 6.92. The Kier molecular flexibility index (Phi) is 4.52. The minimum Gasteiger partial charge on any atom is -0.494 e. The Morgan fingerprint density at radius 2 is 2.30 bits per heavy atom. The van der Waals surface area contributed by atoms with E-state index in [1.54, 1.807) is 12.1 Å². The lowest BCUT2D eigenvalue weighted by Gasteiger charge is -2.08. The zero-order chi connectivity index (χ0) is 14.5. The van der Waals surface area contributed by atoms with E-state index in [1.165, 1.54) is 17.8 Å². The van der Waals surface area contributed by atoms with Crippen molar-refractivity contribution in [2.45, 2.75) is 17.6 Å². The zero-order valence-electron chi connectivity index (χ0n) is 10.8. The average molecular weight is 294 g/mol. The Balaban J connectivity index is 2.05. The third-order valence-corrected chi connectivity index (χ3v) is 3.54. The van der Waals surface area contributed by atoms with Gasteiger partial charge in [-0.25, -0.2) is 4.79 Å². The number of ether oxygens (including phenoxy) is 1. The molecule has 0 saturated carbocycles. The van der Waals surface area contributed by atoms with Gasteiger partial charge in [0.05, 0.1) is 12.4 Å². The van der Waals surface area contributed by atoms with Crippen LogP contribution in [0, 0.1) is 0 Å². The lowest BCUT2D eigenvalue weighted by Crippen LogP contribution is -1.95. The number of benzene rings is 1. The fourth-order valence-electron chi connectivity index (χ4n) is 1.53. The average Bonchev–Trinajstić information content (AvgIpc) is 2.89. The second-order valence-electron chi connectivity index (χ2n) is 3.90. The highest BCUT2D eigenvalue weighted by molar-refractivity contribution is 7.98. The molecule has 6 nitrogen and oxygen atoms in total. The number of nitrogen functional groups attached to an aromatic ring is 1. The van der Waals surface area contributed by atoms with Gasteiger partial charge in [0.1, 0.15) is 11.5 Å². The van der Waals surface area contributed by atoms with Gasteiger partial charge < -0.3 is 20.1 Å². The van der Waals surface area contributed by atoms with E-state index in [0.717, 1.165) is 10.6 Å². The van der Waals surface area contributed by atoms with Crippen LogP contribution in [0.25, 0.3) is 0 Å². The second kappa shape index (κ2) is 6.33. The van der Waals surface area contributed by atoms with Crippen molar-refractivity contribution in [1.29, 1.82) is 0 Å². The highest BCUT2D eigenvalue weighted by Crippen LogP contribution is 2.31. The zero-order valence-corrected chi connectivity index (χ0v) is 11.6. The maximum Gasteiger partial charge on any atom is 0.358 e. The summed E-state index contributed by atoms with van der Waals surface area (Å²) in [6.07, 6.45) is 0. The number of hydrogen-bond donors (Lipinski definition) is 2.